The van der Waals surface area contributed by atoms with Crippen LogP contribution >= 0.6 is 0 Å². The summed E-state index contributed by atoms with van der Waals surface area (Å²) >= 11 is 0. The standard InChI is InChI=1S/C16H23N3O/c1-12-8-14(11-17-9-12)16(20)19-6-4-15(5-7-19)18-10-13-2-3-13/h8-9,11,13,15,18H,2-7,10H2,1H3. The summed E-state index contributed by atoms with van der Waals surface area (Å²) in [5.74, 6) is 1.05. The molecule has 0 unspecified atom stereocenters. The molecule has 0 bridgehead atoms. The van der Waals surface area contributed by atoms with Gasteiger partial charge in [-0.1, -0.05) is 0 Å². The normalized spacial score (nSPS) is 20.1. The van der Waals surface area contributed by atoms with Crippen LogP contribution in [0.15, 0.2) is 18.5 Å². The van der Waals surface area contributed by atoms with Gasteiger partial charge in [0.1, 0.15) is 0 Å². The number of amides is 1. The van der Waals surface area contributed by atoms with Crippen LogP contribution in [0.25, 0.3) is 0 Å². The monoisotopic (exact) mass is 273 g/mol. The number of carbonyl (C=O) groups excluding carboxylic acids is 1. The van der Waals surface area contributed by atoms with Gasteiger partial charge in [-0.3, -0.25) is 9.78 Å². The van der Waals surface area contributed by atoms with Crippen molar-refractivity contribution in [3.8, 4) is 0 Å². The average Bonchev–Trinajstić information content (AvgIpc) is 3.29. The van der Waals surface area contributed by atoms with Crippen molar-refractivity contribution in [2.75, 3.05) is 19.6 Å². The van der Waals surface area contributed by atoms with Crippen LogP contribution in [-0.4, -0.2) is 41.5 Å². The maximum absolute atomic E-state index is 12.4. The summed E-state index contributed by atoms with van der Waals surface area (Å²) in [6.45, 7) is 4.85. The summed E-state index contributed by atoms with van der Waals surface area (Å²) in [6, 6.07) is 2.52. The predicted molar refractivity (Wildman–Crippen MR) is 78.6 cm³/mol. The quantitative estimate of drug-likeness (QED) is 0.912. The molecule has 108 valence electrons. The summed E-state index contributed by atoms with van der Waals surface area (Å²) in [5, 5.41) is 3.64. The molecule has 3 rings (SSSR count). The third-order valence-corrected chi connectivity index (χ3v) is 4.30. The van der Waals surface area contributed by atoms with Crippen LogP contribution in [0.3, 0.4) is 0 Å². The Hall–Kier alpha value is -1.42. The molecule has 4 heteroatoms. The van der Waals surface area contributed by atoms with Crippen molar-refractivity contribution in [1.82, 2.24) is 15.2 Å². The summed E-state index contributed by atoms with van der Waals surface area (Å²) in [6.07, 6.45) is 8.38. The molecule has 4 nitrogen and oxygen atoms in total. The molecule has 1 saturated heterocycles. The van der Waals surface area contributed by atoms with E-state index >= 15 is 0 Å². The molecule has 0 spiro atoms. The molecule has 1 saturated carbocycles. The molecule has 1 aliphatic carbocycles. The molecular formula is C16H23N3O. The highest BCUT2D eigenvalue weighted by atomic mass is 16.2. The van der Waals surface area contributed by atoms with Crippen LogP contribution in [0.1, 0.15) is 41.6 Å². The zero-order chi connectivity index (χ0) is 13.9. The molecule has 0 aromatic carbocycles. The van der Waals surface area contributed by atoms with E-state index in [1.165, 1.54) is 19.4 Å². The lowest BCUT2D eigenvalue weighted by atomic mass is 10.0. The van der Waals surface area contributed by atoms with Gasteiger partial charge in [0.05, 0.1) is 5.56 Å². The summed E-state index contributed by atoms with van der Waals surface area (Å²) in [7, 11) is 0. The van der Waals surface area contributed by atoms with Gasteiger partial charge in [-0.2, -0.15) is 0 Å². The van der Waals surface area contributed by atoms with E-state index in [4.69, 9.17) is 0 Å². The third kappa shape index (κ3) is 3.37. The first-order chi connectivity index (χ1) is 9.72. The van der Waals surface area contributed by atoms with Crippen molar-refractivity contribution >= 4 is 5.91 Å². The lowest BCUT2D eigenvalue weighted by Crippen LogP contribution is -2.45. The van der Waals surface area contributed by atoms with Crippen LogP contribution in [-0.2, 0) is 0 Å². The third-order valence-electron chi connectivity index (χ3n) is 4.30. The van der Waals surface area contributed by atoms with Crippen LogP contribution in [0, 0.1) is 12.8 Å². The number of piperidine rings is 1. The Kier molecular flexibility index (Phi) is 4.01. The Morgan fingerprint density at radius 2 is 2.05 bits per heavy atom. The largest absolute Gasteiger partial charge is 0.338 e. The first kappa shape index (κ1) is 13.6. The van der Waals surface area contributed by atoms with E-state index in [2.05, 4.69) is 10.3 Å². The Morgan fingerprint density at radius 1 is 1.30 bits per heavy atom. The molecule has 1 aromatic rings. The highest BCUT2D eigenvalue weighted by molar-refractivity contribution is 5.94. The van der Waals surface area contributed by atoms with Gasteiger partial charge in [0, 0.05) is 31.5 Å². The number of rotatable bonds is 4. The van der Waals surface area contributed by atoms with Crippen LogP contribution in [0.5, 0.6) is 0 Å². The van der Waals surface area contributed by atoms with Crippen molar-refractivity contribution in [2.24, 2.45) is 5.92 Å². The fourth-order valence-corrected chi connectivity index (χ4v) is 2.80. The number of hydrogen-bond donors (Lipinski definition) is 1. The second-order valence-corrected chi connectivity index (χ2v) is 6.17. The topological polar surface area (TPSA) is 45.2 Å². The molecule has 0 radical (unpaired) electrons. The fraction of sp³-hybridized carbons (Fsp3) is 0.625. The van der Waals surface area contributed by atoms with Crippen molar-refractivity contribution in [1.29, 1.82) is 0 Å². The Labute approximate surface area is 120 Å². The van der Waals surface area contributed by atoms with E-state index < -0.39 is 0 Å². The van der Waals surface area contributed by atoms with E-state index in [-0.39, 0.29) is 5.91 Å². The number of nitrogens with zero attached hydrogens (tertiary/aromatic N) is 2. The molecular weight excluding hydrogens is 250 g/mol. The van der Waals surface area contributed by atoms with E-state index in [1.807, 2.05) is 17.9 Å². The van der Waals surface area contributed by atoms with Crippen molar-refractivity contribution in [3.05, 3.63) is 29.6 Å². The molecule has 2 heterocycles. The highest BCUT2D eigenvalue weighted by Gasteiger charge is 2.26. The van der Waals surface area contributed by atoms with Gasteiger partial charge < -0.3 is 10.2 Å². The van der Waals surface area contributed by atoms with Gasteiger partial charge in [-0.15, -0.1) is 0 Å². The second-order valence-electron chi connectivity index (χ2n) is 6.17. The number of aromatic nitrogens is 1. The minimum atomic E-state index is 0.127. The lowest BCUT2D eigenvalue weighted by Gasteiger charge is -2.32. The van der Waals surface area contributed by atoms with Gasteiger partial charge in [0.2, 0.25) is 0 Å². The van der Waals surface area contributed by atoms with E-state index in [9.17, 15) is 4.79 Å². The highest BCUT2D eigenvalue weighted by Crippen LogP contribution is 2.28. The van der Waals surface area contributed by atoms with E-state index in [0.29, 0.717) is 6.04 Å². The lowest BCUT2D eigenvalue weighted by molar-refractivity contribution is 0.0704. The van der Waals surface area contributed by atoms with Gasteiger partial charge >= 0.3 is 0 Å². The molecule has 1 amide bonds. The SMILES string of the molecule is Cc1cncc(C(=O)N2CCC(NCC3CC3)CC2)c1. The van der Waals surface area contributed by atoms with Crippen molar-refractivity contribution < 1.29 is 4.79 Å². The molecule has 2 aliphatic rings. The van der Waals surface area contributed by atoms with E-state index in [1.54, 1.807) is 12.4 Å². The second kappa shape index (κ2) is 5.92. The minimum Gasteiger partial charge on any atom is -0.338 e. The maximum atomic E-state index is 12.4. The van der Waals surface area contributed by atoms with Crippen LogP contribution in [0.4, 0.5) is 0 Å². The number of nitrogens with one attached hydrogen (secondary N) is 1. The number of hydrogen-bond acceptors (Lipinski definition) is 3. The van der Waals surface area contributed by atoms with Crippen molar-refractivity contribution in [3.63, 3.8) is 0 Å². The molecule has 1 aliphatic heterocycles. The Morgan fingerprint density at radius 3 is 2.70 bits per heavy atom. The van der Waals surface area contributed by atoms with Gasteiger partial charge in [-0.05, 0) is 56.7 Å². The zero-order valence-corrected chi connectivity index (χ0v) is 12.1. The first-order valence-corrected chi connectivity index (χ1v) is 7.66. The smallest absolute Gasteiger partial charge is 0.255 e. The zero-order valence-electron chi connectivity index (χ0n) is 12.1. The molecule has 2 fully saturated rings. The van der Waals surface area contributed by atoms with Crippen LogP contribution in [0.2, 0.25) is 0 Å². The molecule has 0 atom stereocenters. The van der Waals surface area contributed by atoms with Crippen molar-refractivity contribution in [2.45, 2.75) is 38.6 Å². The number of carbonyl (C=O) groups is 1. The Balaban J connectivity index is 1.50. The molecule has 20 heavy (non-hydrogen) atoms. The predicted octanol–water partition coefficient (Wildman–Crippen LogP) is 1.99. The molecule has 1 aromatic heterocycles. The molecule has 1 N–H and O–H groups in total. The number of aryl methyl sites for hydroxylation is 1. The maximum Gasteiger partial charge on any atom is 0.255 e. The Bertz CT molecular complexity index is 476. The summed E-state index contributed by atoms with van der Waals surface area (Å²) in [5.41, 5.74) is 1.76. The number of likely N-dealkylation sites (tertiary alicyclic amines) is 1. The van der Waals surface area contributed by atoms with E-state index in [0.717, 1.165) is 43.0 Å². The first-order valence-electron chi connectivity index (χ1n) is 7.66. The average molecular weight is 273 g/mol. The fourth-order valence-electron chi connectivity index (χ4n) is 2.80. The summed E-state index contributed by atoms with van der Waals surface area (Å²) < 4.78 is 0. The summed E-state index contributed by atoms with van der Waals surface area (Å²) in [4.78, 5) is 18.5. The van der Waals surface area contributed by atoms with Crippen LogP contribution < -0.4 is 5.32 Å². The van der Waals surface area contributed by atoms with Gasteiger partial charge in [0.25, 0.3) is 5.91 Å². The minimum absolute atomic E-state index is 0.127. The van der Waals surface area contributed by atoms with Gasteiger partial charge in [0.15, 0.2) is 0 Å². The number of pyridine rings is 1. The van der Waals surface area contributed by atoms with Gasteiger partial charge in [-0.25, -0.2) is 0 Å².